The molecule has 1 aromatic carbocycles. The highest BCUT2D eigenvalue weighted by molar-refractivity contribution is 6.31. The summed E-state index contributed by atoms with van der Waals surface area (Å²) in [5.74, 6) is -0.622. The zero-order valence-corrected chi connectivity index (χ0v) is 16.4. The van der Waals surface area contributed by atoms with Gasteiger partial charge in [-0.2, -0.15) is 0 Å². The highest BCUT2D eigenvalue weighted by Gasteiger charge is 2.42. The van der Waals surface area contributed by atoms with E-state index in [1.807, 2.05) is 31.2 Å². The highest BCUT2D eigenvalue weighted by atomic mass is 35.5. The number of allylic oxidation sites excluding steroid dienone is 3. The third kappa shape index (κ3) is 3.30. The smallest absolute Gasteiger partial charge is 0.354 e. The second kappa shape index (κ2) is 6.92. The molecule has 1 N–H and O–H groups in total. The van der Waals surface area contributed by atoms with Crippen molar-refractivity contribution in [1.29, 1.82) is 0 Å². The summed E-state index contributed by atoms with van der Waals surface area (Å²) >= 11 is 6.45. The molecule has 0 amide bonds. The molecule has 1 atom stereocenters. The largest absolute Gasteiger partial charge is 0.461 e. The Morgan fingerprint density at radius 2 is 2.00 bits per heavy atom. The van der Waals surface area contributed by atoms with E-state index in [-0.39, 0.29) is 17.1 Å². The molecule has 0 bridgehead atoms. The topological polar surface area (TPSA) is 55.4 Å². The molecule has 138 valence electrons. The van der Waals surface area contributed by atoms with Crippen LogP contribution in [0.4, 0.5) is 0 Å². The maximum absolute atomic E-state index is 13.0. The second-order valence-electron chi connectivity index (χ2n) is 7.69. The van der Waals surface area contributed by atoms with Crippen LogP contribution in [0.15, 0.2) is 46.8 Å². The van der Waals surface area contributed by atoms with Crippen LogP contribution in [0.2, 0.25) is 5.02 Å². The van der Waals surface area contributed by atoms with E-state index in [0.29, 0.717) is 30.2 Å². The summed E-state index contributed by atoms with van der Waals surface area (Å²) in [4.78, 5) is 25.5. The van der Waals surface area contributed by atoms with Gasteiger partial charge in [0.1, 0.15) is 5.70 Å². The van der Waals surface area contributed by atoms with Crippen LogP contribution < -0.4 is 5.32 Å². The van der Waals surface area contributed by atoms with E-state index in [1.54, 1.807) is 6.92 Å². The Kier molecular flexibility index (Phi) is 4.98. The van der Waals surface area contributed by atoms with Gasteiger partial charge < -0.3 is 10.1 Å². The molecule has 1 aliphatic carbocycles. The van der Waals surface area contributed by atoms with Crippen molar-refractivity contribution in [2.75, 3.05) is 6.61 Å². The van der Waals surface area contributed by atoms with Crippen molar-refractivity contribution in [3.05, 3.63) is 57.4 Å². The van der Waals surface area contributed by atoms with E-state index >= 15 is 0 Å². The van der Waals surface area contributed by atoms with Crippen molar-refractivity contribution in [3.63, 3.8) is 0 Å². The Balaban J connectivity index is 2.18. The summed E-state index contributed by atoms with van der Waals surface area (Å²) in [6, 6.07) is 7.49. The first kappa shape index (κ1) is 18.7. The molecular formula is C21H24ClNO3. The third-order valence-corrected chi connectivity index (χ3v) is 5.35. The maximum Gasteiger partial charge on any atom is 0.354 e. The van der Waals surface area contributed by atoms with E-state index in [2.05, 4.69) is 19.2 Å². The van der Waals surface area contributed by atoms with Gasteiger partial charge in [-0.25, -0.2) is 4.79 Å². The number of hydrogen-bond donors (Lipinski definition) is 1. The molecule has 1 aliphatic heterocycles. The first-order valence-corrected chi connectivity index (χ1v) is 9.28. The predicted octanol–water partition coefficient (Wildman–Crippen LogP) is 4.51. The van der Waals surface area contributed by atoms with Crippen molar-refractivity contribution < 1.29 is 14.3 Å². The standard InChI is InChI=1S/C21H24ClNO3/c1-5-26-20(25)19-12(2)17(13-8-6-7-9-14(13)22)18-15(23-19)10-21(3,4)11-16(18)24/h6-9,17,23H,5,10-11H2,1-4H3/t17-/m1/s1. The van der Waals surface area contributed by atoms with Crippen molar-refractivity contribution in [2.45, 2.75) is 46.5 Å². The molecule has 3 rings (SSSR count). The van der Waals surface area contributed by atoms with Crippen molar-refractivity contribution in [1.82, 2.24) is 5.32 Å². The van der Waals surface area contributed by atoms with Gasteiger partial charge in [-0.15, -0.1) is 0 Å². The molecule has 26 heavy (non-hydrogen) atoms. The minimum atomic E-state index is -0.399. The average molecular weight is 374 g/mol. The molecular weight excluding hydrogens is 350 g/mol. The van der Waals surface area contributed by atoms with E-state index in [0.717, 1.165) is 22.4 Å². The molecule has 4 nitrogen and oxygen atoms in total. The predicted molar refractivity (Wildman–Crippen MR) is 102 cm³/mol. The monoisotopic (exact) mass is 373 g/mol. The number of ether oxygens (including phenoxy) is 1. The first-order valence-electron chi connectivity index (χ1n) is 8.90. The van der Waals surface area contributed by atoms with Crippen LogP contribution in [0.25, 0.3) is 0 Å². The SMILES string of the molecule is CCOC(=O)C1=C(C)[C@H](c2ccccc2Cl)C2=C(CC(C)(C)CC2=O)N1. The highest BCUT2D eigenvalue weighted by Crippen LogP contribution is 2.47. The van der Waals surface area contributed by atoms with E-state index < -0.39 is 5.97 Å². The molecule has 0 saturated heterocycles. The van der Waals surface area contributed by atoms with Gasteiger partial charge in [0.25, 0.3) is 0 Å². The van der Waals surface area contributed by atoms with Gasteiger partial charge in [0.05, 0.1) is 6.61 Å². The fourth-order valence-electron chi connectivity index (χ4n) is 3.90. The zero-order chi connectivity index (χ0) is 19.1. The third-order valence-electron chi connectivity index (χ3n) is 5.01. The molecule has 0 saturated carbocycles. The van der Waals surface area contributed by atoms with Crippen LogP contribution in [0.3, 0.4) is 0 Å². The number of Topliss-reactive ketones (excluding diaryl/α,β-unsaturated/α-hetero) is 1. The Hall–Kier alpha value is -2.07. The van der Waals surface area contributed by atoms with Gasteiger partial charge in [-0.05, 0) is 42.9 Å². The Labute approximate surface area is 159 Å². The second-order valence-corrected chi connectivity index (χ2v) is 8.10. The maximum atomic E-state index is 13.0. The molecule has 1 heterocycles. The van der Waals surface area contributed by atoms with Crippen LogP contribution in [0.1, 0.15) is 52.0 Å². The summed E-state index contributed by atoms with van der Waals surface area (Å²) in [7, 11) is 0. The summed E-state index contributed by atoms with van der Waals surface area (Å²) in [5.41, 5.74) is 3.41. The van der Waals surface area contributed by atoms with Gasteiger partial charge in [-0.1, -0.05) is 43.6 Å². The number of esters is 1. The normalized spacial score (nSPS) is 22.0. The van der Waals surface area contributed by atoms with Crippen LogP contribution in [-0.2, 0) is 14.3 Å². The lowest BCUT2D eigenvalue weighted by Crippen LogP contribution is -2.39. The number of rotatable bonds is 3. The molecule has 2 aliphatic rings. The number of halogens is 1. The van der Waals surface area contributed by atoms with E-state index in [4.69, 9.17) is 16.3 Å². The summed E-state index contributed by atoms with van der Waals surface area (Å²) < 4.78 is 5.22. The number of ketones is 1. The number of carbonyl (C=O) groups excluding carboxylic acids is 2. The summed E-state index contributed by atoms with van der Waals surface area (Å²) in [5, 5.41) is 3.81. The van der Waals surface area contributed by atoms with Gasteiger partial charge in [-0.3, -0.25) is 4.79 Å². The molecule has 0 aromatic heterocycles. The number of nitrogens with one attached hydrogen (secondary N) is 1. The molecule has 0 unspecified atom stereocenters. The molecule has 1 aromatic rings. The Morgan fingerprint density at radius 1 is 1.31 bits per heavy atom. The summed E-state index contributed by atoms with van der Waals surface area (Å²) in [6.07, 6.45) is 1.18. The molecule has 5 heteroatoms. The summed E-state index contributed by atoms with van der Waals surface area (Å²) in [6.45, 7) is 8.07. The van der Waals surface area contributed by atoms with Gasteiger partial charge >= 0.3 is 5.97 Å². The minimum Gasteiger partial charge on any atom is -0.461 e. The lowest BCUT2D eigenvalue weighted by molar-refractivity contribution is -0.139. The lowest BCUT2D eigenvalue weighted by atomic mass is 9.69. The van der Waals surface area contributed by atoms with Crippen molar-refractivity contribution >= 4 is 23.4 Å². The fourth-order valence-corrected chi connectivity index (χ4v) is 4.15. The van der Waals surface area contributed by atoms with Crippen LogP contribution >= 0.6 is 11.6 Å². The number of hydrogen-bond acceptors (Lipinski definition) is 4. The minimum absolute atomic E-state index is 0.107. The van der Waals surface area contributed by atoms with Crippen LogP contribution in [-0.4, -0.2) is 18.4 Å². The Morgan fingerprint density at radius 3 is 2.65 bits per heavy atom. The number of dihydropyridines is 1. The van der Waals surface area contributed by atoms with Crippen molar-refractivity contribution in [2.24, 2.45) is 5.41 Å². The molecule has 0 radical (unpaired) electrons. The molecule has 0 spiro atoms. The first-order chi connectivity index (χ1) is 12.2. The van der Waals surface area contributed by atoms with E-state index in [9.17, 15) is 9.59 Å². The number of carbonyl (C=O) groups is 2. The average Bonchev–Trinajstić information content (AvgIpc) is 2.55. The van der Waals surface area contributed by atoms with E-state index in [1.165, 1.54) is 0 Å². The quantitative estimate of drug-likeness (QED) is 0.792. The van der Waals surface area contributed by atoms with Crippen LogP contribution in [0, 0.1) is 5.41 Å². The van der Waals surface area contributed by atoms with Gasteiger partial charge in [0, 0.05) is 28.6 Å². The van der Waals surface area contributed by atoms with Gasteiger partial charge in [0.2, 0.25) is 0 Å². The fraction of sp³-hybridized carbons (Fsp3) is 0.429. The number of benzene rings is 1. The van der Waals surface area contributed by atoms with Crippen LogP contribution in [0.5, 0.6) is 0 Å². The van der Waals surface area contributed by atoms with Crippen molar-refractivity contribution in [3.8, 4) is 0 Å². The Bertz CT molecular complexity index is 835. The zero-order valence-electron chi connectivity index (χ0n) is 15.6. The molecule has 0 fully saturated rings. The van der Waals surface area contributed by atoms with Gasteiger partial charge in [0.15, 0.2) is 5.78 Å². The lowest BCUT2D eigenvalue weighted by Gasteiger charge is -2.39.